The van der Waals surface area contributed by atoms with Gasteiger partial charge in [0.2, 0.25) is 0 Å². The SMILES string of the molecule is CCCOc1c(Cl)cc(C(=O)OC(C)C(=O)Nc2sccc2C(N)=O)cc1OCC. The predicted octanol–water partition coefficient (Wildman–Crippen LogP) is 3.87. The molecule has 3 N–H and O–H groups in total. The number of carbonyl (C=O) groups excluding carboxylic acids is 3. The minimum absolute atomic E-state index is 0.112. The van der Waals surface area contributed by atoms with E-state index in [2.05, 4.69) is 5.32 Å². The van der Waals surface area contributed by atoms with E-state index in [9.17, 15) is 14.4 Å². The molecule has 1 unspecified atom stereocenters. The summed E-state index contributed by atoms with van der Waals surface area (Å²) in [6.45, 7) is 5.94. The van der Waals surface area contributed by atoms with Gasteiger partial charge in [-0.05, 0) is 43.8 Å². The molecule has 0 radical (unpaired) electrons. The average Bonchev–Trinajstić information content (AvgIpc) is 3.15. The molecule has 0 fully saturated rings. The van der Waals surface area contributed by atoms with Crippen LogP contribution in [0.25, 0.3) is 0 Å². The maximum absolute atomic E-state index is 12.5. The Morgan fingerprint density at radius 1 is 1.23 bits per heavy atom. The molecule has 0 spiro atoms. The molecule has 2 amide bonds. The molecule has 0 aliphatic heterocycles. The summed E-state index contributed by atoms with van der Waals surface area (Å²) in [6, 6.07) is 4.35. The number of primary amides is 1. The van der Waals surface area contributed by atoms with Crippen molar-refractivity contribution in [3.05, 3.63) is 39.7 Å². The van der Waals surface area contributed by atoms with Crippen molar-refractivity contribution >= 4 is 45.7 Å². The number of anilines is 1. The zero-order valence-corrected chi connectivity index (χ0v) is 18.4. The normalized spacial score (nSPS) is 11.5. The number of amides is 2. The summed E-state index contributed by atoms with van der Waals surface area (Å²) < 4.78 is 16.4. The van der Waals surface area contributed by atoms with Gasteiger partial charge < -0.3 is 25.3 Å². The lowest BCUT2D eigenvalue weighted by molar-refractivity contribution is -0.123. The number of nitrogens with two attached hydrogens (primary N) is 1. The van der Waals surface area contributed by atoms with E-state index in [1.54, 1.807) is 12.3 Å². The molecule has 1 atom stereocenters. The van der Waals surface area contributed by atoms with E-state index < -0.39 is 23.9 Å². The average molecular weight is 455 g/mol. The fourth-order valence-electron chi connectivity index (χ4n) is 2.39. The van der Waals surface area contributed by atoms with Crippen molar-refractivity contribution in [1.29, 1.82) is 0 Å². The van der Waals surface area contributed by atoms with Crippen molar-refractivity contribution in [1.82, 2.24) is 0 Å². The lowest BCUT2D eigenvalue weighted by atomic mass is 10.2. The smallest absolute Gasteiger partial charge is 0.339 e. The van der Waals surface area contributed by atoms with Crippen LogP contribution in [-0.2, 0) is 9.53 Å². The summed E-state index contributed by atoms with van der Waals surface area (Å²) in [7, 11) is 0. The first-order valence-electron chi connectivity index (χ1n) is 9.26. The molecule has 2 rings (SSSR count). The quantitative estimate of drug-likeness (QED) is 0.526. The zero-order chi connectivity index (χ0) is 22.3. The number of nitrogens with one attached hydrogen (secondary N) is 1. The highest BCUT2D eigenvalue weighted by Crippen LogP contribution is 2.37. The van der Waals surface area contributed by atoms with Crippen LogP contribution in [-0.4, -0.2) is 37.1 Å². The molecule has 0 saturated carbocycles. The third-order valence-corrected chi connectivity index (χ3v) is 4.93. The third-order valence-electron chi connectivity index (χ3n) is 3.82. The standard InChI is InChI=1S/C20H23ClN2O6S/c1-4-7-28-16-14(21)9-12(10-15(16)27-5-2)20(26)29-11(3)18(25)23-19-13(17(22)24)6-8-30-19/h6,8-11H,4-5,7H2,1-3H3,(H2,22,24)(H,23,25). The van der Waals surface area contributed by atoms with Crippen molar-refractivity contribution in [2.75, 3.05) is 18.5 Å². The number of halogens is 1. The molecule has 8 nitrogen and oxygen atoms in total. The largest absolute Gasteiger partial charge is 0.490 e. The van der Waals surface area contributed by atoms with Gasteiger partial charge in [-0.2, -0.15) is 0 Å². The molecular formula is C20H23ClN2O6S. The van der Waals surface area contributed by atoms with Crippen molar-refractivity contribution in [3.63, 3.8) is 0 Å². The third kappa shape index (κ3) is 5.87. The first kappa shape index (κ1) is 23.5. The number of rotatable bonds is 10. The fourth-order valence-corrected chi connectivity index (χ4v) is 3.45. The van der Waals surface area contributed by atoms with Crippen LogP contribution in [0.4, 0.5) is 5.00 Å². The van der Waals surface area contributed by atoms with Crippen LogP contribution in [0, 0.1) is 0 Å². The topological polar surface area (TPSA) is 117 Å². The van der Waals surface area contributed by atoms with Gasteiger partial charge in [0.15, 0.2) is 17.6 Å². The summed E-state index contributed by atoms with van der Waals surface area (Å²) in [6.07, 6.45) is -0.356. The lowest BCUT2D eigenvalue weighted by Crippen LogP contribution is -2.30. The van der Waals surface area contributed by atoms with Crippen LogP contribution in [0.15, 0.2) is 23.6 Å². The Morgan fingerprint density at radius 3 is 2.60 bits per heavy atom. The van der Waals surface area contributed by atoms with Crippen LogP contribution in [0.3, 0.4) is 0 Å². The Bertz CT molecular complexity index is 930. The second-order valence-corrected chi connectivity index (χ2v) is 7.45. The minimum atomic E-state index is -1.13. The van der Waals surface area contributed by atoms with Gasteiger partial charge in [-0.15, -0.1) is 11.3 Å². The van der Waals surface area contributed by atoms with Gasteiger partial charge in [-0.1, -0.05) is 18.5 Å². The number of esters is 1. The Balaban J connectivity index is 2.13. The highest BCUT2D eigenvalue weighted by atomic mass is 35.5. The number of hydrogen-bond donors (Lipinski definition) is 2. The fraction of sp³-hybridized carbons (Fsp3) is 0.350. The monoisotopic (exact) mass is 454 g/mol. The molecule has 1 heterocycles. The van der Waals surface area contributed by atoms with Crippen LogP contribution in [0.1, 0.15) is 47.9 Å². The molecule has 0 aliphatic rings. The zero-order valence-electron chi connectivity index (χ0n) is 16.8. The summed E-state index contributed by atoms with van der Waals surface area (Å²) in [5, 5.41) is 4.64. The Labute approximate surface area is 183 Å². The molecule has 2 aromatic rings. The Hall–Kier alpha value is -2.78. The highest BCUT2D eigenvalue weighted by Gasteiger charge is 2.23. The molecule has 162 valence electrons. The van der Waals surface area contributed by atoms with Crippen molar-refractivity contribution < 1.29 is 28.6 Å². The van der Waals surface area contributed by atoms with E-state index in [1.807, 2.05) is 6.92 Å². The van der Waals surface area contributed by atoms with E-state index >= 15 is 0 Å². The van der Waals surface area contributed by atoms with Gasteiger partial charge in [0.25, 0.3) is 11.8 Å². The molecule has 0 aliphatic carbocycles. The predicted molar refractivity (Wildman–Crippen MR) is 115 cm³/mol. The minimum Gasteiger partial charge on any atom is -0.490 e. The van der Waals surface area contributed by atoms with Crippen LogP contribution in [0.5, 0.6) is 11.5 Å². The number of carbonyl (C=O) groups is 3. The van der Waals surface area contributed by atoms with Crippen LogP contribution >= 0.6 is 22.9 Å². The molecule has 10 heteroatoms. The Kier molecular flexibility index (Phi) is 8.49. The maximum atomic E-state index is 12.5. The molecule has 0 saturated heterocycles. The van der Waals surface area contributed by atoms with Gasteiger partial charge in [0, 0.05) is 0 Å². The summed E-state index contributed by atoms with van der Waals surface area (Å²) in [5.74, 6) is -1.37. The van der Waals surface area contributed by atoms with Gasteiger partial charge in [-0.25, -0.2) is 4.79 Å². The number of thiophene rings is 1. The van der Waals surface area contributed by atoms with Crippen LogP contribution < -0.4 is 20.5 Å². The van der Waals surface area contributed by atoms with E-state index in [1.165, 1.54) is 25.1 Å². The number of benzene rings is 1. The molecule has 1 aromatic heterocycles. The first-order chi connectivity index (χ1) is 14.3. The van der Waals surface area contributed by atoms with E-state index in [0.29, 0.717) is 24.7 Å². The van der Waals surface area contributed by atoms with E-state index in [4.69, 9.17) is 31.5 Å². The van der Waals surface area contributed by atoms with Gasteiger partial charge in [0.05, 0.1) is 29.4 Å². The molecule has 30 heavy (non-hydrogen) atoms. The molecular weight excluding hydrogens is 432 g/mol. The lowest BCUT2D eigenvalue weighted by Gasteiger charge is -2.16. The second kappa shape index (κ2) is 10.8. The maximum Gasteiger partial charge on any atom is 0.339 e. The van der Waals surface area contributed by atoms with Crippen molar-refractivity contribution in [3.8, 4) is 11.5 Å². The van der Waals surface area contributed by atoms with Gasteiger partial charge in [0.1, 0.15) is 5.00 Å². The van der Waals surface area contributed by atoms with Crippen LogP contribution in [0.2, 0.25) is 5.02 Å². The van der Waals surface area contributed by atoms with Crippen molar-refractivity contribution in [2.24, 2.45) is 5.73 Å². The van der Waals surface area contributed by atoms with Gasteiger partial charge in [-0.3, -0.25) is 9.59 Å². The van der Waals surface area contributed by atoms with E-state index in [-0.39, 0.29) is 21.2 Å². The van der Waals surface area contributed by atoms with Gasteiger partial charge >= 0.3 is 5.97 Å². The first-order valence-corrected chi connectivity index (χ1v) is 10.5. The summed E-state index contributed by atoms with van der Waals surface area (Å²) >= 11 is 7.39. The second-order valence-electron chi connectivity index (χ2n) is 6.13. The Morgan fingerprint density at radius 2 is 1.97 bits per heavy atom. The molecule has 0 bridgehead atoms. The molecule has 1 aromatic carbocycles. The van der Waals surface area contributed by atoms with Crippen molar-refractivity contribution in [2.45, 2.75) is 33.3 Å². The number of ether oxygens (including phenoxy) is 3. The summed E-state index contributed by atoms with van der Waals surface area (Å²) in [4.78, 5) is 36.3. The number of hydrogen-bond acceptors (Lipinski definition) is 7. The summed E-state index contributed by atoms with van der Waals surface area (Å²) in [5.41, 5.74) is 5.55. The van der Waals surface area contributed by atoms with E-state index in [0.717, 1.165) is 17.8 Å². The highest BCUT2D eigenvalue weighted by molar-refractivity contribution is 7.14.